The monoisotopic (exact) mass is 447 g/mol. The van der Waals surface area contributed by atoms with Gasteiger partial charge in [-0.3, -0.25) is 4.79 Å². The molecular formula is C26H23ClFN3O. The molecule has 5 rings (SSSR count). The molecule has 1 atom stereocenters. The summed E-state index contributed by atoms with van der Waals surface area (Å²) >= 11 is 6.33. The maximum absolute atomic E-state index is 14.6. The van der Waals surface area contributed by atoms with Gasteiger partial charge in [-0.25, -0.2) is 9.37 Å². The highest BCUT2D eigenvalue weighted by atomic mass is 35.5. The third-order valence-corrected chi connectivity index (χ3v) is 6.56. The highest BCUT2D eigenvalue weighted by Crippen LogP contribution is 2.35. The number of para-hydroxylation sites is 2. The highest BCUT2D eigenvalue weighted by molar-refractivity contribution is 6.31. The van der Waals surface area contributed by atoms with Crippen LogP contribution >= 0.6 is 11.6 Å². The molecule has 0 N–H and O–H groups in total. The molecule has 1 amide bonds. The number of halogens is 2. The third kappa shape index (κ3) is 3.56. The largest absolute Gasteiger partial charge is 0.323 e. The second kappa shape index (κ2) is 8.06. The van der Waals surface area contributed by atoms with Crippen LogP contribution in [0.1, 0.15) is 34.9 Å². The summed E-state index contributed by atoms with van der Waals surface area (Å²) in [5.74, 6) is 0.416. The number of nitrogens with zero attached hydrogens (tertiary/aromatic N) is 3. The number of rotatable bonds is 4. The minimum atomic E-state index is -0.347. The molecule has 3 aromatic carbocycles. The first-order chi connectivity index (χ1) is 15.4. The Morgan fingerprint density at radius 3 is 2.72 bits per heavy atom. The number of carbonyl (C=O) groups is 1. The van der Waals surface area contributed by atoms with Gasteiger partial charge in [-0.2, -0.15) is 0 Å². The fraction of sp³-hybridized carbons (Fsp3) is 0.231. The number of anilines is 1. The lowest BCUT2D eigenvalue weighted by Crippen LogP contribution is -2.25. The lowest BCUT2D eigenvalue weighted by Gasteiger charge is -2.20. The van der Waals surface area contributed by atoms with Crippen LogP contribution in [0.3, 0.4) is 0 Å². The quantitative estimate of drug-likeness (QED) is 0.384. The van der Waals surface area contributed by atoms with Gasteiger partial charge in [-0.15, -0.1) is 0 Å². The van der Waals surface area contributed by atoms with E-state index in [1.165, 1.54) is 6.07 Å². The molecule has 0 aliphatic carbocycles. The van der Waals surface area contributed by atoms with Gasteiger partial charge in [0.1, 0.15) is 11.6 Å². The van der Waals surface area contributed by atoms with Gasteiger partial charge in [0.25, 0.3) is 0 Å². The fourth-order valence-corrected chi connectivity index (χ4v) is 4.76. The fourth-order valence-electron chi connectivity index (χ4n) is 4.54. The predicted octanol–water partition coefficient (Wildman–Crippen LogP) is 6.01. The first-order valence-corrected chi connectivity index (χ1v) is 11.1. The molecule has 162 valence electrons. The lowest BCUT2D eigenvalue weighted by molar-refractivity contribution is -0.117. The molecule has 4 nitrogen and oxygen atoms in total. The molecule has 0 radical (unpaired) electrons. The minimum Gasteiger partial charge on any atom is -0.323 e. The summed E-state index contributed by atoms with van der Waals surface area (Å²) in [4.78, 5) is 19.7. The number of aromatic nitrogens is 2. The number of amides is 1. The molecule has 32 heavy (non-hydrogen) atoms. The highest BCUT2D eigenvalue weighted by Gasteiger charge is 2.35. The Bertz CT molecular complexity index is 1330. The van der Waals surface area contributed by atoms with Gasteiger partial charge < -0.3 is 9.47 Å². The Morgan fingerprint density at radius 1 is 1.09 bits per heavy atom. The number of benzene rings is 3. The summed E-state index contributed by atoms with van der Waals surface area (Å²) in [7, 11) is 0. The van der Waals surface area contributed by atoms with Crippen LogP contribution in [0.2, 0.25) is 5.02 Å². The molecule has 1 aliphatic rings. The van der Waals surface area contributed by atoms with Crippen LogP contribution in [0, 0.1) is 19.7 Å². The van der Waals surface area contributed by atoms with Crippen molar-refractivity contribution >= 4 is 34.2 Å². The number of carbonyl (C=O) groups excluding carboxylic acids is 1. The van der Waals surface area contributed by atoms with Crippen LogP contribution < -0.4 is 4.90 Å². The maximum Gasteiger partial charge on any atom is 0.227 e. The molecular weight excluding hydrogens is 425 g/mol. The molecule has 1 saturated heterocycles. The van der Waals surface area contributed by atoms with Crippen molar-refractivity contribution in [3.8, 4) is 0 Å². The molecule has 4 aromatic rings. The van der Waals surface area contributed by atoms with Crippen molar-refractivity contribution in [2.75, 3.05) is 11.4 Å². The normalized spacial score (nSPS) is 16.3. The zero-order chi connectivity index (χ0) is 22.4. The SMILES string of the molecule is Cc1ccc(C)c(N2CC(c3nc4ccccc4n3Cc3c(F)cccc3Cl)CC2=O)c1. The van der Waals surface area contributed by atoms with Crippen LogP contribution in [-0.2, 0) is 11.3 Å². The van der Waals surface area contributed by atoms with Crippen molar-refractivity contribution in [3.63, 3.8) is 0 Å². The van der Waals surface area contributed by atoms with E-state index in [0.29, 0.717) is 23.6 Å². The van der Waals surface area contributed by atoms with E-state index in [2.05, 4.69) is 12.1 Å². The van der Waals surface area contributed by atoms with Gasteiger partial charge >= 0.3 is 0 Å². The topological polar surface area (TPSA) is 38.1 Å². The van der Waals surface area contributed by atoms with Crippen molar-refractivity contribution in [1.82, 2.24) is 9.55 Å². The molecule has 1 fully saturated rings. The van der Waals surface area contributed by atoms with Crippen molar-refractivity contribution < 1.29 is 9.18 Å². The molecule has 0 saturated carbocycles. The molecule has 0 bridgehead atoms. The number of hydrogen-bond acceptors (Lipinski definition) is 2. The molecule has 1 aromatic heterocycles. The van der Waals surface area contributed by atoms with Crippen molar-refractivity contribution in [2.45, 2.75) is 32.7 Å². The number of fused-ring (bicyclic) bond motifs is 1. The van der Waals surface area contributed by atoms with Crippen LogP contribution in [-0.4, -0.2) is 22.0 Å². The van der Waals surface area contributed by atoms with Gasteiger partial charge in [-0.05, 0) is 55.3 Å². The minimum absolute atomic E-state index is 0.0752. The Hall–Kier alpha value is -3.18. The molecule has 0 spiro atoms. The molecule has 2 heterocycles. The maximum atomic E-state index is 14.6. The smallest absolute Gasteiger partial charge is 0.227 e. The average molecular weight is 448 g/mol. The molecule has 6 heteroatoms. The zero-order valence-corrected chi connectivity index (χ0v) is 18.7. The van der Waals surface area contributed by atoms with E-state index in [1.54, 1.807) is 12.1 Å². The molecule has 1 aliphatic heterocycles. The van der Waals surface area contributed by atoms with Crippen LogP contribution in [0.5, 0.6) is 0 Å². The van der Waals surface area contributed by atoms with Gasteiger partial charge in [0.15, 0.2) is 0 Å². The van der Waals surface area contributed by atoms with E-state index in [4.69, 9.17) is 16.6 Å². The predicted molar refractivity (Wildman–Crippen MR) is 126 cm³/mol. The summed E-state index contributed by atoms with van der Waals surface area (Å²) in [6.45, 7) is 4.84. The van der Waals surface area contributed by atoms with Crippen molar-refractivity contribution in [1.29, 1.82) is 0 Å². The first-order valence-electron chi connectivity index (χ1n) is 10.7. The van der Waals surface area contributed by atoms with E-state index in [0.717, 1.165) is 33.7 Å². The van der Waals surface area contributed by atoms with E-state index < -0.39 is 0 Å². The van der Waals surface area contributed by atoms with Gasteiger partial charge in [0.05, 0.1) is 17.6 Å². The first kappa shape index (κ1) is 20.7. The Labute approximate surface area is 191 Å². The Balaban J connectivity index is 1.57. The summed E-state index contributed by atoms with van der Waals surface area (Å²) < 4.78 is 16.6. The third-order valence-electron chi connectivity index (χ3n) is 6.21. The van der Waals surface area contributed by atoms with E-state index in [-0.39, 0.29) is 24.2 Å². The van der Waals surface area contributed by atoms with E-state index in [1.807, 2.05) is 53.6 Å². The number of aryl methyl sites for hydroxylation is 2. The number of hydrogen-bond donors (Lipinski definition) is 0. The van der Waals surface area contributed by atoms with Crippen LogP contribution in [0.25, 0.3) is 11.0 Å². The van der Waals surface area contributed by atoms with Gasteiger partial charge in [0, 0.05) is 35.2 Å². The average Bonchev–Trinajstić information content (AvgIpc) is 3.33. The lowest BCUT2D eigenvalue weighted by atomic mass is 10.1. The van der Waals surface area contributed by atoms with Crippen molar-refractivity contribution in [2.24, 2.45) is 0 Å². The Kier molecular flexibility index (Phi) is 5.22. The van der Waals surface area contributed by atoms with Gasteiger partial charge in [0.2, 0.25) is 5.91 Å². The van der Waals surface area contributed by atoms with Crippen molar-refractivity contribution in [3.05, 3.63) is 94.0 Å². The number of imidazole rings is 1. The summed E-state index contributed by atoms with van der Waals surface area (Å²) in [5, 5.41) is 0.383. The second-order valence-electron chi connectivity index (χ2n) is 8.44. The van der Waals surface area contributed by atoms with E-state index in [9.17, 15) is 9.18 Å². The standard InChI is InChI=1S/C26H23ClFN3O/c1-16-10-11-17(2)24(12-16)30-14-18(13-25(30)32)26-29-22-8-3-4-9-23(22)31(26)15-19-20(27)6-5-7-21(19)28/h3-12,18H,13-15H2,1-2H3. The van der Waals surface area contributed by atoms with Gasteiger partial charge in [-0.1, -0.05) is 41.9 Å². The summed E-state index contributed by atoms with van der Waals surface area (Å²) in [6, 6.07) is 18.6. The van der Waals surface area contributed by atoms with Crippen LogP contribution in [0.15, 0.2) is 60.7 Å². The second-order valence-corrected chi connectivity index (χ2v) is 8.85. The summed E-state index contributed by atoms with van der Waals surface area (Å²) in [5.41, 5.74) is 5.28. The Morgan fingerprint density at radius 2 is 1.91 bits per heavy atom. The van der Waals surface area contributed by atoms with Crippen LogP contribution in [0.4, 0.5) is 10.1 Å². The van der Waals surface area contributed by atoms with E-state index >= 15 is 0 Å². The molecule has 1 unspecified atom stereocenters. The zero-order valence-electron chi connectivity index (χ0n) is 18.0. The summed E-state index contributed by atoms with van der Waals surface area (Å²) in [6.07, 6.45) is 0.363.